The summed E-state index contributed by atoms with van der Waals surface area (Å²) in [5.41, 5.74) is 2.57. The van der Waals surface area contributed by atoms with Gasteiger partial charge in [-0.25, -0.2) is 0 Å². The SMILES string of the molecule is [S]c1cccc2c1NCCC2. The molecule has 57 valence electrons. The van der Waals surface area contributed by atoms with Gasteiger partial charge in [0, 0.05) is 6.54 Å². The molecule has 0 fully saturated rings. The first kappa shape index (κ1) is 6.92. The van der Waals surface area contributed by atoms with Crippen molar-refractivity contribution in [3.8, 4) is 0 Å². The van der Waals surface area contributed by atoms with E-state index in [0.717, 1.165) is 11.4 Å². The van der Waals surface area contributed by atoms with E-state index in [1.54, 1.807) is 0 Å². The summed E-state index contributed by atoms with van der Waals surface area (Å²) in [6.45, 7) is 1.07. The standard InChI is InChI=1S/C9H10NS/c11-8-5-1-3-7-4-2-6-10-9(7)8/h1,3,5,10H,2,4,6H2. The van der Waals surface area contributed by atoms with Crippen LogP contribution in [0.15, 0.2) is 23.1 Å². The third kappa shape index (κ3) is 1.18. The molecule has 0 bridgehead atoms. The Balaban J connectivity index is 2.49. The van der Waals surface area contributed by atoms with Crippen molar-refractivity contribution >= 4 is 18.3 Å². The minimum Gasteiger partial charge on any atom is -0.384 e. The van der Waals surface area contributed by atoms with Crippen molar-refractivity contribution in [2.45, 2.75) is 17.7 Å². The van der Waals surface area contributed by atoms with Crippen LogP contribution >= 0.6 is 12.6 Å². The van der Waals surface area contributed by atoms with Crippen molar-refractivity contribution in [1.29, 1.82) is 0 Å². The zero-order valence-corrected chi connectivity index (χ0v) is 7.08. The Kier molecular flexibility index (Phi) is 1.70. The summed E-state index contributed by atoms with van der Waals surface area (Å²) in [5.74, 6) is 0. The number of benzene rings is 1. The van der Waals surface area contributed by atoms with Gasteiger partial charge in [0.2, 0.25) is 0 Å². The van der Waals surface area contributed by atoms with Crippen molar-refractivity contribution in [3.63, 3.8) is 0 Å². The number of hydrogen-bond acceptors (Lipinski definition) is 1. The largest absolute Gasteiger partial charge is 0.384 e. The predicted octanol–water partition coefficient (Wildman–Crippen LogP) is 2.60. The van der Waals surface area contributed by atoms with E-state index < -0.39 is 0 Å². The molecule has 0 aliphatic carbocycles. The fraction of sp³-hybridized carbons (Fsp3) is 0.333. The van der Waals surface area contributed by atoms with E-state index in [1.165, 1.54) is 24.1 Å². The molecule has 1 N–H and O–H groups in total. The molecule has 1 aromatic carbocycles. The van der Waals surface area contributed by atoms with Crippen molar-refractivity contribution in [2.75, 3.05) is 11.9 Å². The van der Waals surface area contributed by atoms with Crippen LogP contribution < -0.4 is 5.32 Å². The van der Waals surface area contributed by atoms with Crippen molar-refractivity contribution < 1.29 is 0 Å². The zero-order chi connectivity index (χ0) is 7.68. The van der Waals surface area contributed by atoms with Gasteiger partial charge < -0.3 is 5.32 Å². The van der Waals surface area contributed by atoms with Gasteiger partial charge >= 0.3 is 0 Å². The second kappa shape index (κ2) is 2.70. The number of hydrogen-bond donors (Lipinski definition) is 1. The fourth-order valence-electron chi connectivity index (χ4n) is 1.48. The lowest BCUT2D eigenvalue weighted by atomic mass is 10.0. The van der Waals surface area contributed by atoms with E-state index in [0.29, 0.717) is 0 Å². The summed E-state index contributed by atoms with van der Waals surface area (Å²) in [4.78, 5) is 0.960. The van der Waals surface area contributed by atoms with Gasteiger partial charge in [-0.3, -0.25) is 0 Å². The summed E-state index contributed by atoms with van der Waals surface area (Å²) in [7, 11) is 0. The maximum atomic E-state index is 5.18. The van der Waals surface area contributed by atoms with E-state index in [2.05, 4.69) is 11.4 Å². The monoisotopic (exact) mass is 164 g/mol. The minimum atomic E-state index is 0.960. The van der Waals surface area contributed by atoms with Gasteiger partial charge in [-0.15, -0.1) is 0 Å². The van der Waals surface area contributed by atoms with Crippen molar-refractivity contribution in [2.24, 2.45) is 0 Å². The highest BCUT2D eigenvalue weighted by Crippen LogP contribution is 2.27. The molecule has 1 nitrogen and oxygen atoms in total. The second-order valence-corrected chi connectivity index (χ2v) is 3.26. The normalized spacial score (nSPS) is 15.3. The molecular formula is C9H10NS. The topological polar surface area (TPSA) is 12.0 Å². The van der Waals surface area contributed by atoms with Gasteiger partial charge in [-0.2, -0.15) is 0 Å². The van der Waals surface area contributed by atoms with Gasteiger partial charge in [0.15, 0.2) is 0 Å². The summed E-state index contributed by atoms with van der Waals surface area (Å²) < 4.78 is 0. The molecule has 0 saturated heterocycles. The highest BCUT2D eigenvalue weighted by atomic mass is 32.1. The van der Waals surface area contributed by atoms with Crippen LogP contribution in [0.2, 0.25) is 0 Å². The van der Waals surface area contributed by atoms with Gasteiger partial charge in [-0.1, -0.05) is 24.8 Å². The van der Waals surface area contributed by atoms with E-state index in [9.17, 15) is 0 Å². The lowest BCUT2D eigenvalue weighted by molar-refractivity contribution is 0.824. The molecule has 1 aromatic rings. The lowest BCUT2D eigenvalue weighted by Gasteiger charge is -2.18. The van der Waals surface area contributed by atoms with Crippen LogP contribution in [0.4, 0.5) is 5.69 Å². The Bertz CT molecular complexity index is 270. The Labute approximate surface area is 72.2 Å². The molecule has 1 radical (unpaired) electrons. The van der Waals surface area contributed by atoms with Gasteiger partial charge in [0.05, 0.1) is 10.6 Å². The average molecular weight is 164 g/mol. The third-order valence-electron chi connectivity index (χ3n) is 2.04. The number of nitrogens with one attached hydrogen (secondary N) is 1. The molecule has 0 saturated carbocycles. The molecule has 1 heterocycles. The maximum absolute atomic E-state index is 5.18. The van der Waals surface area contributed by atoms with Gasteiger partial charge in [0.1, 0.15) is 0 Å². The van der Waals surface area contributed by atoms with Crippen LogP contribution in [0, 0.1) is 0 Å². The summed E-state index contributed by atoms with van der Waals surface area (Å²) in [5, 5.41) is 3.33. The van der Waals surface area contributed by atoms with Gasteiger partial charge in [-0.05, 0) is 24.5 Å². The molecule has 0 atom stereocenters. The molecule has 0 unspecified atom stereocenters. The van der Waals surface area contributed by atoms with E-state index in [1.807, 2.05) is 12.1 Å². The molecule has 0 amide bonds. The van der Waals surface area contributed by atoms with E-state index >= 15 is 0 Å². The van der Waals surface area contributed by atoms with Crippen molar-refractivity contribution in [1.82, 2.24) is 0 Å². The number of para-hydroxylation sites is 1. The molecule has 11 heavy (non-hydrogen) atoms. The summed E-state index contributed by atoms with van der Waals surface area (Å²) >= 11 is 5.18. The average Bonchev–Trinajstić information content (AvgIpc) is 2.06. The van der Waals surface area contributed by atoms with Crippen LogP contribution in [0.25, 0.3) is 0 Å². The first-order valence-corrected chi connectivity index (χ1v) is 4.31. The Morgan fingerprint density at radius 1 is 1.36 bits per heavy atom. The number of aryl methyl sites for hydroxylation is 1. The maximum Gasteiger partial charge on any atom is 0.0611 e. The quantitative estimate of drug-likeness (QED) is 0.621. The highest BCUT2D eigenvalue weighted by Gasteiger charge is 2.09. The first-order chi connectivity index (χ1) is 5.38. The minimum absolute atomic E-state index is 0.960. The molecule has 0 aromatic heterocycles. The second-order valence-electron chi connectivity index (χ2n) is 2.82. The van der Waals surface area contributed by atoms with Crippen LogP contribution in [0.5, 0.6) is 0 Å². The third-order valence-corrected chi connectivity index (χ3v) is 2.38. The number of anilines is 1. The first-order valence-electron chi connectivity index (χ1n) is 3.91. The van der Waals surface area contributed by atoms with Crippen LogP contribution in [-0.4, -0.2) is 6.54 Å². The van der Waals surface area contributed by atoms with Crippen molar-refractivity contribution in [3.05, 3.63) is 23.8 Å². The molecule has 0 spiro atoms. The summed E-state index contributed by atoms with van der Waals surface area (Å²) in [6, 6.07) is 6.16. The van der Waals surface area contributed by atoms with Crippen LogP contribution in [-0.2, 0) is 6.42 Å². The predicted molar refractivity (Wildman–Crippen MR) is 49.1 cm³/mol. The van der Waals surface area contributed by atoms with E-state index in [4.69, 9.17) is 12.6 Å². The number of rotatable bonds is 0. The zero-order valence-electron chi connectivity index (χ0n) is 6.26. The lowest BCUT2D eigenvalue weighted by Crippen LogP contribution is -2.11. The summed E-state index contributed by atoms with van der Waals surface area (Å²) in [6.07, 6.45) is 2.40. The van der Waals surface area contributed by atoms with E-state index in [-0.39, 0.29) is 0 Å². The molecule has 2 rings (SSSR count). The smallest absolute Gasteiger partial charge is 0.0611 e. The highest BCUT2D eigenvalue weighted by molar-refractivity contribution is 7.80. The van der Waals surface area contributed by atoms with Crippen LogP contribution in [0.3, 0.4) is 0 Å². The molecule has 1 aliphatic rings. The van der Waals surface area contributed by atoms with Gasteiger partial charge in [0.25, 0.3) is 0 Å². The molecule has 1 aliphatic heterocycles. The number of fused-ring (bicyclic) bond motifs is 1. The Hall–Kier alpha value is -0.760. The Morgan fingerprint density at radius 2 is 2.27 bits per heavy atom. The van der Waals surface area contributed by atoms with Crippen LogP contribution in [0.1, 0.15) is 12.0 Å². The Morgan fingerprint density at radius 3 is 3.09 bits per heavy atom. The molecular weight excluding hydrogens is 154 g/mol. The molecule has 2 heteroatoms. The fourth-order valence-corrected chi connectivity index (χ4v) is 1.76.